The smallest absolute Gasteiger partial charge is 0.227 e. The molecule has 0 spiro atoms. The molecule has 3 rings (SSSR count). The standard InChI is InChI=1S/C17H27N5O2/c1-12(2)18-16-14-4-6-21(13(3)23)7-5-15(14)19-17(20-16)22-8-10-24-11-9-22/h12H,4-11H2,1-3H3,(H,18,19,20). The van der Waals surface area contributed by atoms with Crippen molar-refractivity contribution in [1.82, 2.24) is 14.9 Å². The van der Waals surface area contributed by atoms with Gasteiger partial charge in [-0.3, -0.25) is 4.79 Å². The summed E-state index contributed by atoms with van der Waals surface area (Å²) in [5.74, 6) is 1.82. The fraction of sp³-hybridized carbons (Fsp3) is 0.706. The zero-order valence-corrected chi connectivity index (χ0v) is 14.8. The van der Waals surface area contributed by atoms with Crippen molar-refractivity contribution in [3.8, 4) is 0 Å². The lowest BCUT2D eigenvalue weighted by molar-refractivity contribution is -0.128. The van der Waals surface area contributed by atoms with Gasteiger partial charge in [0, 0.05) is 51.1 Å². The highest BCUT2D eigenvalue weighted by Gasteiger charge is 2.23. The minimum absolute atomic E-state index is 0.127. The molecule has 1 fully saturated rings. The van der Waals surface area contributed by atoms with E-state index in [4.69, 9.17) is 14.7 Å². The number of anilines is 2. The Morgan fingerprint density at radius 2 is 1.83 bits per heavy atom. The van der Waals surface area contributed by atoms with Gasteiger partial charge in [0.15, 0.2) is 0 Å². The predicted octanol–water partition coefficient (Wildman–Crippen LogP) is 1.08. The Kier molecular flexibility index (Phi) is 5.18. The van der Waals surface area contributed by atoms with E-state index in [1.807, 2.05) is 4.90 Å². The average Bonchev–Trinajstić information content (AvgIpc) is 2.78. The van der Waals surface area contributed by atoms with E-state index in [-0.39, 0.29) is 5.91 Å². The Hall–Kier alpha value is -1.89. The van der Waals surface area contributed by atoms with E-state index in [1.165, 1.54) is 0 Å². The zero-order valence-electron chi connectivity index (χ0n) is 14.8. The summed E-state index contributed by atoms with van der Waals surface area (Å²) in [4.78, 5) is 25.5. The Morgan fingerprint density at radius 3 is 2.50 bits per heavy atom. The summed E-state index contributed by atoms with van der Waals surface area (Å²) in [6, 6.07) is 0.300. The van der Waals surface area contributed by atoms with Crippen LogP contribution in [0.25, 0.3) is 0 Å². The van der Waals surface area contributed by atoms with Crippen molar-refractivity contribution < 1.29 is 9.53 Å². The summed E-state index contributed by atoms with van der Waals surface area (Å²) < 4.78 is 5.43. The molecular formula is C17H27N5O2. The average molecular weight is 333 g/mol. The first-order valence-corrected chi connectivity index (χ1v) is 8.79. The SMILES string of the molecule is CC(=O)N1CCc2nc(N3CCOCC3)nc(NC(C)C)c2CC1. The molecule has 7 nitrogen and oxygen atoms in total. The van der Waals surface area contributed by atoms with Gasteiger partial charge in [-0.1, -0.05) is 0 Å². The monoisotopic (exact) mass is 333 g/mol. The van der Waals surface area contributed by atoms with Gasteiger partial charge in [-0.2, -0.15) is 4.98 Å². The van der Waals surface area contributed by atoms with E-state index in [2.05, 4.69) is 24.1 Å². The molecule has 1 aromatic heterocycles. The third-order valence-electron chi connectivity index (χ3n) is 4.50. The highest BCUT2D eigenvalue weighted by atomic mass is 16.5. The van der Waals surface area contributed by atoms with Crippen LogP contribution in [0.15, 0.2) is 0 Å². The number of fused-ring (bicyclic) bond motifs is 1. The van der Waals surface area contributed by atoms with Gasteiger partial charge >= 0.3 is 0 Å². The number of amides is 1. The number of nitrogens with one attached hydrogen (secondary N) is 1. The van der Waals surface area contributed by atoms with Crippen molar-refractivity contribution in [1.29, 1.82) is 0 Å². The molecule has 3 heterocycles. The minimum Gasteiger partial charge on any atom is -0.378 e. The van der Waals surface area contributed by atoms with Crippen LogP contribution in [0, 0.1) is 0 Å². The van der Waals surface area contributed by atoms with Crippen LogP contribution in [-0.2, 0) is 22.4 Å². The van der Waals surface area contributed by atoms with Gasteiger partial charge in [-0.15, -0.1) is 0 Å². The van der Waals surface area contributed by atoms with Crippen LogP contribution >= 0.6 is 0 Å². The van der Waals surface area contributed by atoms with E-state index >= 15 is 0 Å². The van der Waals surface area contributed by atoms with Gasteiger partial charge < -0.3 is 19.9 Å². The largest absolute Gasteiger partial charge is 0.378 e. The normalized spacial score (nSPS) is 18.3. The Labute approximate surface area is 143 Å². The molecule has 1 saturated heterocycles. The lowest BCUT2D eigenvalue weighted by Gasteiger charge is -2.28. The molecule has 0 radical (unpaired) electrons. The van der Waals surface area contributed by atoms with Crippen molar-refractivity contribution in [2.24, 2.45) is 0 Å². The molecule has 0 bridgehead atoms. The number of hydrogen-bond acceptors (Lipinski definition) is 6. The van der Waals surface area contributed by atoms with E-state index in [1.54, 1.807) is 6.92 Å². The molecule has 0 aromatic carbocycles. The van der Waals surface area contributed by atoms with Gasteiger partial charge in [0.05, 0.1) is 18.9 Å². The molecule has 0 unspecified atom stereocenters. The van der Waals surface area contributed by atoms with Gasteiger partial charge in [-0.05, 0) is 20.3 Å². The Morgan fingerprint density at radius 1 is 1.12 bits per heavy atom. The third kappa shape index (κ3) is 3.77. The number of nitrogens with zero attached hydrogens (tertiary/aromatic N) is 4. The molecule has 132 valence electrons. The topological polar surface area (TPSA) is 70.6 Å². The van der Waals surface area contributed by atoms with E-state index in [9.17, 15) is 4.79 Å². The molecule has 0 aliphatic carbocycles. The van der Waals surface area contributed by atoms with Crippen LogP contribution in [-0.4, -0.2) is 66.2 Å². The van der Waals surface area contributed by atoms with Crippen LogP contribution in [0.3, 0.4) is 0 Å². The fourth-order valence-corrected chi connectivity index (χ4v) is 3.20. The molecule has 1 amide bonds. The first-order valence-electron chi connectivity index (χ1n) is 8.79. The Balaban J connectivity index is 1.93. The molecule has 2 aliphatic heterocycles. The lowest BCUT2D eigenvalue weighted by Crippen LogP contribution is -2.37. The summed E-state index contributed by atoms with van der Waals surface area (Å²) in [6.45, 7) is 10.4. The fourth-order valence-electron chi connectivity index (χ4n) is 3.20. The minimum atomic E-state index is 0.127. The highest BCUT2D eigenvalue weighted by Crippen LogP contribution is 2.25. The van der Waals surface area contributed by atoms with E-state index in [0.29, 0.717) is 19.3 Å². The first-order chi connectivity index (χ1) is 11.5. The molecule has 2 aliphatic rings. The molecule has 0 atom stereocenters. The lowest BCUT2D eigenvalue weighted by atomic mass is 10.1. The van der Waals surface area contributed by atoms with Crippen LogP contribution < -0.4 is 10.2 Å². The summed E-state index contributed by atoms with van der Waals surface area (Å²) in [5, 5.41) is 3.47. The van der Waals surface area contributed by atoms with Crippen molar-refractivity contribution in [2.45, 2.75) is 39.7 Å². The Bertz CT molecular complexity index is 599. The molecule has 1 aromatic rings. The van der Waals surface area contributed by atoms with Crippen molar-refractivity contribution >= 4 is 17.7 Å². The number of ether oxygens (including phenoxy) is 1. The van der Waals surface area contributed by atoms with Gasteiger partial charge in [-0.25, -0.2) is 4.98 Å². The number of rotatable bonds is 3. The van der Waals surface area contributed by atoms with Crippen LogP contribution in [0.5, 0.6) is 0 Å². The number of aromatic nitrogens is 2. The number of hydrogen-bond donors (Lipinski definition) is 1. The van der Waals surface area contributed by atoms with Crippen molar-refractivity contribution in [3.63, 3.8) is 0 Å². The van der Waals surface area contributed by atoms with Crippen LogP contribution in [0.2, 0.25) is 0 Å². The summed E-state index contributed by atoms with van der Waals surface area (Å²) >= 11 is 0. The first kappa shape index (κ1) is 17.0. The maximum absolute atomic E-state index is 11.7. The van der Waals surface area contributed by atoms with Gasteiger partial charge in [0.25, 0.3) is 0 Å². The number of carbonyl (C=O) groups excluding carboxylic acids is 1. The summed E-state index contributed by atoms with van der Waals surface area (Å²) in [5.41, 5.74) is 2.22. The zero-order chi connectivity index (χ0) is 17.1. The van der Waals surface area contributed by atoms with E-state index in [0.717, 1.165) is 62.0 Å². The van der Waals surface area contributed by atoms with Crippen LogP contribution in [0.4, 0.5) is 11.8 Å². The molecule has 24 heavy (non-hydrogen) atoms. The van der Waals surface area contributed by atoms with Gasteiger partial charge in [0.1, 0.15) is 5.82 Å². The predicted molar refractivity (Wildman–Crippen MR) is 93.5 cm³/mol. The molecule has 0 saturated carbocycles. The maximum Gasteiger partial charge on any atom is 0.227 e. The van der Waals surface area contributed by atoms with Crippen molar-refractivity contribution in [2.75, 3.05) is 49.6 Å². The van der Waals surface area contributed by atoms with E-state index < -0.39 is 0 Å². The van der Waals surface area contributed by atoms with Crippen LogP contribution in [0.1, 0.15) is 32.0 Å². The second kappa shape index (κ2) is 7.34. The molecule has 1 N–H and O–H groups in total. The van der Waals surface area contributed by atoms with Gasteiger partial charge in [0.2, 0.25) is 11.9 Å². The third-order valence-corrected chi connectivity index (χ3v) is 4.50. The maximum atomic E-state index is 11.7. The second-order valence-corrected chi connectivity index (χ2v) is 6.70. The summed E-state index contributed by atoms with van der Waals surface area (Å²) in [6.07, 6.45) is 1.58. The molecular weight excluding hydrogens is 306 g/mol. The summed E-state index contributed by atoms with van der Waals surface area (Å²) in [7, 11) is 0. The number of morpholine rings is 1. The van der Waals surface area contributed by atoms with Crippen molar-refractivity contribution in [3.05, 3.63) is 11.3 Å². The second-order valence-electron chi connectivity index (χ2n) is 6.70. The highest BCUT2D eigenvalue weighted by molar-refractivity contribution is 5.73. The number of carbonyl (C=O) groups is 1. The quantitative estimate of drug-likeness (QED) is 0.893. The molecule has 7 heteroatoms.